The Morgan fingerprint density at radius 1 is 1.17 bits per heavy atom. The highest BCUT2D eigenvalue weighted by Crippen LogP contribution is 2.41. The number of rotatable bonds is 5. The van der Waals surface area contributed by atoms with E-state index < -0.39 is 40.7 Å². The third-order valence-corrected chi connectivity index (χ3v) is 6.84. The lowest BCUT2D eigenvalue weighted by molar-refractivity contribution is -0.137. The third-order valence-electron chi connectivity index (χ3n) is 6.48. The van der Waals surface area contributed by atoms with Crippen molar-refractivity contribution in [3.05, 3.63) is 89.0 Å². The fourth-order valence-electron chi connectivity index (χ4n) is 4.38. The first kappa shape index (κ1) is 27.6. The third kappa shape index (κ3) is 4.82. The molecule has 208 valence electrons. The van der Waals surface area contributed by atoms with Crippen LogP contribution in [-0.4, -0.2) is 42.0 Å². The van der Waals surface area contributed by atoms with Crippen LogP contribution in [0.2, 0.25) is 0 Å². The second-order valence-electron chi connectivity index (χ2n) is 9.46. The first-order valence-electron chi connectivity index (χ1n) is 11.8. The lowest BCUT2D eigenvalue weighted by Crippen LogP contribution is -2.44. The van der Waals surface area contributed by atoms with Gasteiger partial charge in [-0.05, 0) is 56.4 Å². The van der Waals surface area contributed by atoms with Crippen LogP contribution >= 0.6 is 12.2 Å². The highest BCUT2D eigenvalue weighted by Gasteiger charge is 2.51. The van der Waals surface area contributed by atoms with Crippen molar-refractivity contribution < 1.29 is 27.2 Å². The van der Waals surface area contributed by atoms with Gasteiger partial charge in [0, 0.05) is 24.0 Å². The number of amides is 2. The van der Waals surface area contributed by atoms with Crippen LogP contribution in [0.3, 0.4) is 0 Å². The van der Waals surface area contributed by atoms with Gasteiger partial charge in [-0.15, -0.1) is 15.2 Å². The number of pyridine rings is 2. The molecule has 3 aromatic heterocycles. The number of nitrogens with zero attached hydrogens (tertiary/aromatic N) is 7. The molecule has 0 atom stereocenters. The number of alkyl halides is 3. The molecule has 1 aliphatic rings. The predicted octanol–water partition coefficient (Wildman–Crippen LogP) is 4.68. The van der Waals surface area contributed by atoms with Gasteiger partial charge in [0.2, 0.25) is 0 Å². The minimum atomic E-state index is -4.89. The Kier molecular flexibility index (Phi) is 6.66. The molecule has 0 radical (unpaired) electrons. The molecule has 1 aliphatic heterocycles. The van der Waals surface area contributed by atoms with Crippen LogP contribution in [0, 0.1) is 12.4 Å². The van der Waals surface area contributed by atoms with E-state index in [1.54, 1.807) is 16.5 Å². The van der Waals surface area contributed by atoms with Gasteiger partial charge in [-0.1, -0.05) is 12.6 Å². The van der Waals surface area contributed by atoms with Crippen molar-refractivity contribution in [3.63, 3.8) is 0 Å². The van der Waals surface area contributed by atoms with Gasteiger partial charge < -0.3 is 15.1 Å². The van der Waals surface area contributed by atoms with Crippen molar-refractivity contribution in [3.8, 4) is 0 Å². The molecule has 1 N–H and O–H groups in total. The van der Waals surface area contributed by atoms with E-state index in [2.05, 4.69) is 25.3 Å². The van der Waals surface area contributed by atoms with Crippen molar-refractivity contribution in [2.75, 3.05) is 9.80 Å². The van der Waals surface area contributed by atoms with Crippen LogP contribution in [0.15, 0.2) is 55.1 Å². The first-order valence-corrected chi connectivity index (χ1v) is 12.2. The molecule has 1 saturated heterocycles. The Balaban J connectivity index is 1.38. The minimum Gasteiger partial charge on any atom is -0.360 e. The highest BCUT2D eigenvalue weighted by molar-refractivity contribution is 7.81. The Morgan fingerprint density at radius 3 is 2.61 bits per heavy atom. The van der Waals surface area contributed by atoms with Gasteiger partial charge in [0.1, 0.15) is 23.9 Å². The molecule has 0 unspecified atom stereocenters. The van der Waals surface area contributed by atoms with Gasteiger partial charge in [0.15, 0.2) is 10.8 Å². The summed E-state index contributed by atoms with van der Waals surface area (Å²) in [6, 6.07) is 7.82. The molecule has 4 aromatic rings. The maximum atomic E-state index is 15.2. The zero-order valence-corrected chi connectivity index (χ0v) is 22.1. The van der Waals surface area contributed by atoms with Gasteiger partial charge in [-0.3, -0.25) is 18.9 Å². The predicted molar refractivity (Wildman–Crippen MR) is 143 cm³/mol. The Labute approximate surface area is 235 Å². The Hall–Kier alpha value is -4.97. The van der Waals surface area contributed by atoms with Crippen molar-refractivity contribution >= 4 is 52.0 Å². The molecule has 1 aromatic carbocycles. The summed E-state index contributed by atoms with van der Waals surface area (Å²) in [5.74, 6) is -2.69. The maximum Gasteiger partial charge on any atom is 0.409 e. The molecule has 0 aliphatic carbocycles. The average Bonchev–Trinajstić information content (AvgIpc) is 3.46. The zero-order chi connectivity index (χ0) is 29.7. The van der Waals surface area contributed by atoms with E-state index in [-0.39, 0.29) is 28.6 Å². The molecule has 15 heteroatoms. The van der Waals surface area contributed by atoms with Crippen LogP contribution in [0.1, 0.15) is 35.3 Å². The molecule has 0 saturated carbocycles. The summed E-state index contributed by atoms with van der Waals surface area (Å²) in [7, 11) is 0. The lowest BCUT2D eigenvalue weighted by Gasteiger charge is -2.29. The van der Waals surface area contributed by atoms with E-state index in [1.807, 2.05) is 0 Å². The second-order valence-corrected chi connectivity index (χ2v) is 9.83. The number of nitrogens with one attached hydrogen (secondary N) is 1. The van der Waals surface area contributed by atoms with E-state index in [0.717, 1.165) is 17.2 Å². The van der Waals surface area contributed by atoms with Crippen LogP contribution in [0.5, 0.6) is 0 Å². The fraction of sp³-hybridized carbons (Fsp3) is 0.192. The largest absolute Gasteiger partial charge is 0.409 e. The lowest BCUT2D eigenvalue weighted by atomic mass is 10.0. The number of aromatic nitrogens is 4. The Morgan fingerprint density at radius 2 is 1.93 bits per heavy atom. The summed E-state index contributed by atoms with van der Waals surface area (Å²) in [5, 5.41) is 10.0. The summed E-state index contributed by atoms with van der Waals surface area (Å²) in [6.45, 7) is 9.81. The number of fused-ring (bicyclic) bond motifs is 1. The summed E-state index contributed by atoms with van der Waals surface area (Å²) < 4.78 is 57.3. The van der Waals surface area contributed by atoms with Gasteiger partial charge >= 0.3 is 6.18 Å². The van der Waals surface area contributed by atoms with E-state index in [1.165, 1.54) is 43.4 Å². The van der Waals surface area contributed by atoms with Crippen LogP contribution in [-0.2, 0) is 17.5 Å². The number of carbonyl (C=O) groups excluding carboxylic acids is 2. The van der Waals surface area contributed by atoms with Crippen molar-refractivity contribution in [2.24, 2.45) is 0 Å². The minimum absolute atomic E-state index is 0.146. The first-order chi connectivity index (χ1) is 19.3. The van der Waals surface area contributed by atoms with Crippen LogP contribution in [0.25, 0.3) is 10.5 Å². The Bertz CT molecular complexity index is 1780. The topological polar surface area (TPSA) is 100 Å². The van der Waals surface area contributed by atoms with Crippen LogP contribution in [0.4, 0.5) is 34.8 Å². The number of anilines is 2. The van der Waals surface area contributed by atoms with Gasteiger partial charge in [0.05, 0.1) is 16.8 Å². The van der Waals surface area contributed by atoms with Gasteiger partial charge in [-0.2, -0.15) is 13.2 Å². The number of hydrogen-bond donors (Lipinski definition) is 1. The van der Waals surface area contributed by atoms with Crippen molar-refractivity contribution in [1.29, 1.82) is 0 Å². The summed E-state index contributed by atoms with van der Waals surface area (Å²) in [6.07, 6.45) is -0.958. The van der Waals surface area contributed by atoms with Crippen LogP contribution < -0.4 is 15.1 Å². The molecule has 0 bridgehead atoms. The zero-order valence-electron chi connectivity index (χ0n) is 21.3. The average molecular weight is 583 g/mol. The number of benzene rings is 1. The van der Waals surface area contributed by atoms with E-state index in [4.69, 9.17) is 18.8 Å². The standard InChI is InChI=1S/C26H18F4N8O2S/c1-25(2)23(40)37(17-8-18(26(28,29)30)21(31-3)32-11-17)24(41)38(25)16-6-4-14(19(27)9-16)10-33-22(39)15-5-7-20-35-34-13-36(20)12-15/h4-9,11-13H,10H2,1-2H3,(H,33,39). The molecule has 1 fully saturated rings. The second kappa shape index (κ2) is 9.89. The van der Waals surface area contributed by atoms with Crippen molar-refractivity contribution in [2.45, 2.75) is 32.1 Å². The molecule has 5 rings (SSSR count). The van der Waals surface area contributed by atoms with Gasteiger partial charge in [-0.25, -0.2) is 4.39 Å². The normalized spacial score (nSPS) is 15.0. The molecule has 0 spiro atoms. The van der Waals surface area contributed by atoms with Crippen molar-refractivity contribution in [1.82, 2.24) is 24.9 Å². The fourth-order valence-corrected chi connectivity index (χ4v) is 4.90. The monoisotopic (exact) mass is 582 g/mol. The quantitative estimate of drug-likeness (QED) is 0.207. The highest BCUT2D eigenvalue weighted by atomic mass is 32.1. The summed E-state index contributed by atoms with van der Waals surface area (Å²) in [4.78, 5) is 34.5. The maximum absolute atomic E-state index is 15.2. The molecule has 41 heavy (non-hydrogen) atoms. The number of carbonyl (C=O) groups is 2. The molecular weight excluding hydrogens is 564 g/mol. The molecule has 10 nitrogen and oxygen atoms in total. The SMILES string of the molecule is [C-]#[N+]c1ncc(N2C(=O)C(C)(C)N(c3ccc(CNC(=O)c4ccc5nncn5c4)c(F)c3)C2=S)cc1C(F)(F)F. The molecule has 4 heterocycles. The smallest absolute Gasteiger partial charge is 0.360 e. The molecular formula is C26H18F4N8O2S. The number of hydrogen-bond acceptors (Lipinski definition) is 6. The molecule has 2 amide bonds. The number of halogens is 4. The van der Waals surface area contributed by atoms with E-state index in [0.29, 0.717) is 17.3 Å². The van der Waals surface area contributed by atoms with E-state index in [9.17, 15) is 22.8 Å². The summed E-state index contributed by atoms with van der Waals surface area (Å²) in [5.41, 5.74) is -1.81. The van der Waals surface area contributed by atoms with E-state index >= 15 is 4.39 Å². The van der Waals surface area contributed by atoms with Gasteiger partial charge in [0.25, 0.3) is 17.6 Å². The number of thiocarbonyl (C=S) groups is 1. The summed E-state index contributed by atoms with van der Waals surface area (Å²) >= 11 is 5.46.